The third-order valence-electron chi connectivity index (χ3n) is 6.31. The topological polar surface area (TPSA) is 66.5 Å². The Hall–Kier alpha value is -2.92. The third-order valence-corrected chi connectivity index (χ3v) is 6.54. The van der Waals surface area contributed by atoms with Crippen molar-refractivity contribution in [2.45, 2.75) is 13.3 Å². The van der Waals surface area contributed by atoms with Crippen molar-refractivity contribution >= 4 is 40.7 Å². The van der Waals surface area contributed by atoms with E-state index < -0.39 is 0 Å². The highest BCUT2D eigenvalue weighted by Gasteiger charge is 2.59. The summed E-state index contributed by atoms with van der Waals surface area (Å²) in [5.41, 5.74) is 2.09. The van der Waals surface area contributed by atoms with Crippen molar-refractivity contribution in [3.63, 3.8) is 0 Å². The minimum absolute atomic E-state index is 0.126. The molecular weight excluding hydrogens is 388 g/mol. The highest BCUT2D eigenvalue weighted by molar-refractivity contribution is 6.31. The lowest BCUT2D eigenvalue weighted by molar-refractivity contribution is -0.123. The van der Waals surface area contributed by atoms with Gasteiger partial charge in [0.15, 0.2) is 0 Å². The number of rotatable bonds is 3. The normalized spacial score (nSPS) is 26.9. The van der Waals surface area contributed by atoms with Crippen LogP contribution < -0.4 is 10.2 Å². The number of carbonyl (C=O) groups excluding carboxylic acids is 3. The van der Waals surface area contributed by atoms with Crippen molar-refractivity contribution in [2.24, 2.45) is 23.7 Å². The van der Waals surface area contributed by atoms with Crippen molar-refractivity contribution in [3.05, 3.63) is 70.8 Å². The number of imide groups is 1. The molecule has 146 valence electrons. The molecule has 0 radical (unpaired) electrons. The average molecular weight is 407 g/mol. The van der Waals surface area contributed by atoms with Gasteiger partial charge in [0, 0.05) is 10.7 Å². The molecule has 4 atom stereocenters. The van der Waals surface area contributed by atoms with Gasteiger partial charge in [0.1, 0.15) is 0 Å². The van der Waals surface area contributed by atoms with Gasteiger partial charge in [0.05, 0.1) is 23.1 Å². The molecule has 2 aromatic carbocycles. The summed E-state index contributed by atoms with van der Waals surface area (Å²) in [7, 11) is 0. The summed E-state index contributed by atoms with van der Waals surface area (Å²) in [6.45, 7) is 1.87. The van der Waals surface area contributed by atoms with Crippen molar-refractivity contribution < 1.29 is 14.4 Å². The van der Waals surface area contributed by atoms with E-state index >= 15 is 0 Å². The van der Waals surface area contributed by atoms with Gasteiger partial charge < -0.3 is 5.32 Å². The molecule has 5 rings (SSSR count). The van der Waals surface area contributed by atoms with Gasteiger partial charge in [-0.3, -0.25) is 14.4 Å². The monoisotopic (exact) mass is 406 g/mol. The Kier molecular flexibility index (Phi) is 4.10. The van der Waals surface area contributed by atoms with Gasteiger partial charge in [-0.15, -0.1) is 0 Å². The Bertz CT molecular complexity index is 1060. The second kappa shape index (κ2) is 6.56. The molecule has 6 heteroatoms. The van der Waals surface area contributed by atoms with E-state index in [0.29, 0.717) is 16.4 Å². The molecule has 2 fully saturated rings. The molecule has 0 aromatic heterocycles. The van der Waals surface area contributed by atoms with Crippen molar-refractivity contribution in [1.82, 2.24) is 0 Å². The van der Waals surface area contributed by atoms with Crippen molar-refractivity contribution in [2.75, 3.05) is 10.2 Å². The van der Waals surface area contributed by atoms with Crippen LogP contribution in [0.25, 0.3) is 0 Å². The number of benzene rings is 2. The predicted molar refractivity (Wildman–Crippen MR) is 111 cm³/mol. The van der Waals surface area contributed by atoms with Crippen LogP contribution in [0.3, 0.4) is 0 Å². The minimum Gasteiger partial charge on any atom is -0.322 e. The number of halogens is 1. The van der Waals surface area contributed by atoms with E-state index in [9.17, 15) is 14.4 Å². The van der Waals surface area contributed by atoms with Gasteiger partial charge in [0.2, 0.25) is 11.8 Å². The van der Waals surface area contributed by atoms with Gasteiger partial charge in [-0.05, 0) is 55.0 Å². The fourth-order valence-electron chi connectivity index (χ4n) is 4.92. The second-order valence-corrected chi connectivity index (χ2v) is 8.38. The Labute approximate surface area is 173 Å². The highest BCUT2D eigenvalue weighted by Crippen LogP contribution is 2.53. The molecule has 1 saturated carbocycles. The van der Waals surface area contributed by atoms with E-state index in [2.05, 4.69) is 17.5 Å². The van der Waals surface area contributed by atoms with Crippen LogP contribution in [0.1, 0.15) is 22.3 Å². The molecule has 0 spiro atoms. The Morgan fingerprint density at radius 1 is 1.03 bits per heavy atom. The van der Waals surface area contributed by atoms with E-state index in [0.717, 1.165) is 12.0 Å². The molecule has 2 aliphatic carbocycles. The van der Waals surface area contributed by atoms with Gasteiger partial charge in [-0.2, -0.15) is 0 Å². The maximum Gasteiger partial charge on any atom is 0.257 e. The number of nitrogens with one attached hydrogen (secondary N) is 1. The molecule has 1 saturated heterocycles. The first-order chi connectivity index (χ1) is 14.0. The summed E-state index contributed by atoms with van der Waals surface area (Å²) in [6.07, 6.45) is 4.99. The van der Waals surface area contributed by atoms with E-state index in [4.69, 9.17) is 11.6 Å². The van der Waals surface area contributed by atoms with Crippen molar-refractivity contribution in [1.29, 1.82) is 0 Å². The molecule has 5 nitrogen and oxygen atoms in total. The fourth-order valence-corrected chi connectivity index (χ4v) is 5.09. The third kappa shape index (κ3) is 2.72. The fraction of sp³-hybridized carbons (Fsp3) is 0.261. The summed E-state index contributed by atoms with van der Waals surface area (Å²) >= 11 is 6.05. The number of fused-ring (bicyclic) bond motifs is 5. The summed E-state index contributed by atoms with van der Waals surface area (Å²) in [5, 5.41) is 3.37. The highest BCUT2D eigenvalue weighted by atomic mass is 35.5. The van der Waals surface area contributed by atoms with Crippen LogP contribution in [-0.4, -0.2) is 17.7 Å². The minimum atomic E-state index is -0.385. The maximum absolute atomic E-state index is 13.1. The van der Waals surface area contributed by atoms with E-state index in [1.807, 2.05) is 13.0 Å². The number of nitrogens with zero attached hydrogens (tertiary/aromatic N) is 1. The number of allylic oxidation sites excluding steroid dienone is 2. The van der Waals surface area contributed by atoms with Gasteiger partial charge in [0.25, 0.3) is 5.91 Å². The summed E-state index contributed by atoms with van der Waals surface area (Å²) < 4.78 is 0. The summed E-state index contributed by atoms with van der Waals surface area (Å²) in [4.78, 5) is 40.5. The van der Waals surface area contributed by atoms with E-state index in [-0.39, 0.29) is 47.0 Å². The lowest BCUT2D eigenvalue weighted by atomic mass is 9.85. The van der Waals surface area contributed by atoms with Crippen LogP contribution in [0.2, 0.25) is 5.02 Å². The number of para-hydroxylation sites is 1. The molecule has 1 N–H and O–H groups in total. The SMILES string of the molecule is Cc1ccc(Cl)cc1NC(=O)c1ccccc1N1C(=O)[C@@H]2[C@H](C1=O)[C@@H]1C=C[C@@H]2C1. The largest absolute Gasteiger partial charge is 0.322 e. The zero-order valence-corrected chi connectivity index (χ0v) is 16.5. The molecule has 1 heterocycles. The number of hydrogen-bond acceptors (Lipinski definition) is 3. The maximum atomic E-state index is 13.1. The average Bonchev–Trinajstić information content (AvgIpc) is 3.38. The van der Waals surface area contributed by atoms with Crippen LogP contribution in [0.4, 0.5) is 11.4 Å². The van der Waals surface area contributed by atoms with Crippen LogP contribution >= 0.6 is 11.6 Å². The molecule has 2 bridgehead atoms. The summed E-state index contributed by atoms with van der Waals surface area (Å²) in [5.74, 6) is -1.13. The number of amides is 3. The van der Waals surface area contributed by atoms with Crippen molar-refractivity contribution in [3.8, 4) is 0 Å². The lowest BCUT2D eigenvalue weighted by Gasteiger charge is -2.20. The number of hydrogen-bond donors (Lipinski definition) is 1. The molecule has 3 amide bonds. The molecule has 0 unspecified atom stereocenters. The van der Waals surface area contributed by atoms with Crippen LogP contribution in [0.5, 0.6) is 0 Å². The first-order valence-corrected chi connectivity index (χ1v) is 10.1. The van der Waals surface area contributed by atoms with Crippen LogP contribution in [-0.2, 0) is 9.59 Å². The first-order valence-electron chi connectivity index (χ1n) is 9.68. The first kappa shape index (κ1) is 18.1. The van der Waals surface area contributed by atoms with Gasteiger partial charge >= 0.3 is 0 Å². The predicted octanol–water partition coefficient (Wildman–Crippen LogP) is 4.21. The smallest absolute Gasteiger partial charge is 0.257 e. The Morgan fingerprint density at radius 2 is 1.69 bits per heavy atom. The van der Waals surface area contributed by atoms with E-state index in [1.165, 1.54) is 4.90 Å². The number of anilines is 2. The molecule has 1 aliphatic heterocycles. The zero-order valence-electron chi connectivity index (χ0n) is 15.8. The second-order valence-electron chi connectivity index (χ2n) is 7.94. The number of carbonyl (C=O) groups is 3. The van der Waals surface area contributed by atoms with Gasteiger partial charge in [-0.25, -0.2) is 4.90 Å². The molecule has 2 aromatic rings. The Morgan fingerprint density at radius 3 is 2.38 bits per heavy atom. The standard InChI is InChI=1S/C23H19ClN2O3/c1-12-6-9-15(24)11-17(12)25-21(27)16-4-2-3-5-18(16)26-22(28)19-13-7-8-14(10-13)20(19)23(26)29/h2-9,11,13-14,19-20H,10H2,1H3,(H,25,27)/t13-,14-,19-,20+/m1/s1. The lowest BCUT2D eigenvalue weighted by Crippen LogP contribution is -2.34. The van der Waals surface area contributed by atoms with Crippen LogP contribution in [0, 0.1) is 30.6 Å². The molecule has 3 aliphatic rings. The van der Waals surface area contributed by atoms with Gasteiger partial charge in [-0.1, -0.05) is 42.0 Å². The molecule has 29 heavy (non-hydrogen) atoms. The zero-order chi connectivity index (χ0) is 20.3. The van der Waals surface area contributed by atoms with Crippen LogP contribution in [0.15, 0.2) is 54.6 Å². The van der Waals surface area contributed by atoms with E-state index in [1.54, 1.807) is 36.4 Å². The number of aryl methyl sites for hydroxylation is 1. The molecular formula is C23H19ClN2O3. The Balaban J connectivity index is 1.49. The quantitative estimate of drug-likeness (QED) is 0.613. The summed E-state index contributed by atoms with van der Waals surface area (Å²) in [6, 6.07) is 12.0.